The molecular weight excluding hydrogens is 522 g/mol. The summed E-state index contributed by atoms with van der Waals surface area (Å²) in [5, 5.41) is 3.26. The average Bonchev–Trinajstić information content (AvgIpc) is 2.73. The van der Waals surface area contributed by atoms with Crippen LogP contribution in [0.1, 0.15) is 37.8 Å². The van der Waals surface area contributed by atoms with Crippen molar-refractivity contribution in [2.45, 2.75) is 45.5 Å². The van der Waals surface area contributed by atoms with Gasteiger partial charge in [-0.1, -0.05) is 0 Å². The SMILES string of the molecule is CCOc1cc(CN2CCC(Nc3ccc(C(F)(F)F)cn3)CC2)cc(OCC)c1I. The quantitative estimate of drug-likeness (QED) is 0.436. The summed E-state index contributed by atoms with van der Waals surface area (Å²) in [6.07, 6.45) is -1.70. The molecule has 0 spiro atoms. The van der Waals surface area contributed by atoms with E-state index in [1.807, 2.05) is 13.8 Å². The fourth-order valence-electron chi connectivity index (χ4n) is 3.59. The van der Waals surface area contributed by atoms with Crippen LogP contribution in [0.2, 0.25) is 0 Å². The van der Waals surface area contributed by atoms with Crippen LogP contribution in [0.25, 0.3) is 0 Å². The maximum absolute atomic E-state index is 12.7. The van der Waals surface area contributed by atoms with Gasteiger partial charge in [0.25, 0.3) is 0 Å². The molecule has 1 N–H and O–H groups in total. The first kappa shape index (κ1) is 23.9. The lowest BCUT2D eigenvalue weighted by molar-refractivity contribution is -0.137. The lowest BCUT2D eigenvalue weighted by Gasteiger charge is -2.32. The van der Waals surface area contributed by atoms with Gasteiger partial charge in [-0.05, 0) is 79.1 Å². The minimum Gasteiger partial charge on any atom is -0.493 e. The number of rotatable bonds is 8. The van der Waals surface area contributed by atoms with E-state index in [2.05, 4.69) is 49.9 Å². The molecule has 2 aromatic rings. The number of hydrogen-bond acceptors (Lipinski definition) is 5. The van der Waals surface area contributed by atoms with Crippen LogP contribution in [0.15, 0.2) is 30.5 Å². The Balaban J connectivity index is 1.56. The Labute approximate surface area is 194 Å². The molecule has 0 saturated carbocycles. The summed E-state index contributed by atoms with van der Waals surface area (Å²) in [6.45, 7) is 7.69. The van der Waals surface area contributed by atoms with Crippen LogP contribution in [0, 0.1) is 3.57 Å². The molecule has 0 bridgehead atoms. The van der Waals surface area contributed by atoms with Crippen molar-refractivity contribution in [2.75, 3.05) is 31.6 Å². The first-order valence-electron chi connectivity index (χ1n) is 10.4. The fraction of sp³-hybridized carbons (Fsp3) is 0.500. The molecule has 0 amide bonds. The van der Waals surface area contributed by atoms with E-state index in [1.54, 1.807) is 0 Å². The highest BCUT2D eigenvalue weighted by Crippen LogP contribution is 2.33. The van der Waals surface area contributed by atoms with Crippen molar-refractivity contribution in [3.63, 3.8) is 0 Å². The van der Waals surface area contributed by atoms with Crippen molar-refractivity contribution < 1.29 is 22.6 Å². The molecule has 0 atom stereocenters. The van der Waals surface area contributed by atoms with E-state index >= 15 is 0 Å². The molecule has 1 aliphatic heterocycles. The van der Waals surface area contributed by atoms with Crippen molar-refractivity contribution in [3.8, 4) is 11.5 Å². The first-order valence-corrected chi connectivity index (χ1v) is 11.5. The number of piperidine rings is 1. The Morgan fingerprint density at radius 3 is 2.19 bits per heavy atom. The number of aromatic nitrogens is 1. The molecule has 1 aliphatic rings. The van der Waals surface area contributed by atoms with Crippen molar-refractivity contribution in [1.29, 1.82) is 0 Å². The molecule has 1 aromatic carbocycles. The molecule has 3 rings (SSSR count). The zero-order valence-corrected chi connectivity index (χ0v) is 19.8. The monoisotopic (exact) mass is 549 g/mol. The average molecular weight is 549 g/mol. The maximum atomic E-state index is 12.7. The van der Waals surface area contributed by atoms with Gasteiger partial charge < -0.3 is 14.8 Å². The smallest absolute Gasteiger partial charge is 0.417 e. The molecule has 170 valence electrons. The second-order valence-electron chi connectivity index (χ2n) is 7.40. The Morgan fingerprint density at radius 1 is 1.10 bits per heavy atom. The van der Waals surface area contributed by atoms with Gasteiger partial charge in [0.1, 0.15) is 17.3 Å². The molecular formula is C22H27F3IN3O2. The van der Waals surface area contributed by atoms with Gasteiger partial charge in [0.05, 0.1) is 22.3 Å². The van der Waals surface area contributed by atoms with Crippen LogP contribution >= 0.6 is 22.6 Å². The van der Waals surface area contributed by atoms with Gasteiger partial charge in [0, 0.05) is 31.9 Å². The zero-order chi connectivity index (χ0) is 22.4. The Bertz CT molecular complexity index is 827. The van der Waals surface area contributed by atoms with Crippen LogP contribution in [0.5, 0.6) is 11.5 Å². The fourth-order valence-corrected chi connectivity index (χ4v) is 4.21. The molecule has 0 unspecified atom stereocenters. The lowest BCUT2D eigenvalue weighted by atomic mass is 10.0. The Morgan fingerprint density at radius 2 is 1.71 bits per heavy atom. The number of nitrogens with one attached hydrogen (secondary N) is 1. The summed E-state index contributed by atoms with van der Waals surface area (Å²) in [4.78, 5) is 6.28. The maximum Gasteiger partial charge on any atom is 0.417 e. The van der Waals surface area contributed by atoms with Gasteiger partial charge in [-0.3, -0.25) is 4.90 Å². The number of anilines is 1. The molecule has 1 aromatic heterocycles. The van der Waals surface area contributed by atoms with E-state index in [0.717, 1.165) is 65.4 Å². The van der Waals surface area contributed by atoms with E-state index in [1.165, 1.54) is 6.07 Å². The Hall–Kier alpha value is -1.75. The van der Waals surface area contributed by atoms with Crippen molar-refractivity contribution in [3.05, 3.63) is 45.2 Å². The normalized spacial score (nSPS) is 15.7. The number of halogens is 4. The third-order valence-corrected chi connectivity index (χ3v) is 6.17. The van der Waals surface area contributed by atoms with Gasteiger partial charge >= 0.3 is 6.18 Å². The summed E-state index contributed by atoms with van der Waals surface area (Å²) in [5.74, 6) is 2.16. The summed E-state index contributed by atoms with van der Waals surface area (Å²) < 4.78 is 50.6. The second kappa shape index (κ2) is 10.7. The summed E-state index contributed by atoms with van der Waals surface area (Å²) in [5.41, 5.74) is 0.409. The zero-order valence-electron chi connectivity index (χ0n) is 17.6. The second-order valence-corrected chi connectivity index (χ2v) is 8.48. The van der Waals surface area contributed by atoms with Crippen molar-refractivity contribution in [2.24, 2.45) is 0 Å². The third kappa shape index (κ3) is 6.61. The predicted octanol–water partition coefficient (Wildman–Crippen LogP) is 5.58. The van der Waals surface area contributed by atoms with Gasteiger partial charge in [-0.15, -0.1) is 0 Å². The molecule has 2 heterocycles. The number of ether oxygens (including phenoxy) is 2. The third-order valence-electron chi connectivity index (χ3n) is 5.10. The van der Waals surface area contributed by atoms with Gasteiger partial charge in [0.2, 0.25) is 0 Å². The first-order chi connectivity index (χ1) is 14.8. The van der Waals surface area contributed by atoms with E-state index in [-0.39, 0.29) is 6.04 Å². The van der Waals surface area contributed by atoms with Crippen LogP contribution < -0.4 is 14.8 Å². The lowest BCUT2D eigenvalue weighted by Crippen LogP contribution is -2.38. The standard InChI is InChI=1S/C22H27F3IN3O2/c1-3-30-18-11-15(12-19(21(18)26)31-4-2)14-29-9-7-17(8-10-29)28-20-6-5-16(13-27-20)22(23,24)25/h5-6,11-13,17H,3-4,7-10,14H2,1-2H3,(H,27,28). The molecule has 0 aliphatic carbocycles. The predicted molar refractivity (Wildman–Crippen MR) is 123 cm³/mol. The van der Waals surface area contributed by atoms with Crippen molar-refractivity contribution in [1.82, 2.24) is 9.88 Å². The number of benzene rings is 1. The highest BCUT2D eigenvalue weighted by Gasteiger charge is 2.30. The van der Waals surface area contributed by atoms with E-state index in [4.69, 9.17) is 9.47 Å². The number of nitrogens with zero attached hydrogens (tertiary/aromatic N) is 2. The van der Waals surface area contributed by atoms with Gasteiger partial charge in [-0.25, -0.2) is 4.98 Å². The number of hydrogen-bond donors (Lipinski definition) is 1. The molecule has 1 saturated heterocycles. The highest BCUT2D eigenvalue weighted by molar-refractivity contribution is 14.1. The molecule has 31 heavy (non-hydrogen) atoms. The van der Waals surface area contributed by atoms with E-state index in [9.17, 15) is 13.2 Å². The minimum atomic E-state index is -4.36. The number of likely N-dealkylation sites (tertiary alicyclic amines) is 1. The molecule has 1 fully saturated rings. The van der Waals surface area contributed by atoms with Gasteiger partial charge in [-0.2, -0.15) is 13.2 Å². The summed E-state index contributed by atoms with van der Waals surface area (Å²) in [6, 6.07) is 6.79. The van der Waals surface area contributed by atoms with Crippen LogP contribution in [0.4, 0.5) is 19.0 Å². The summed E-state index contributed by atoms with van der Waals surface area (Å²) in [7, 11) is 0. The molecule has 5 nitrogen and oxygen atoms in total. The largest absolute Gasteiger partial charge is 0.493 e. The van der Waals surface area contributed by atoms with E-state index in [0.29, 0.717) is 19.0 Å². The van der Waals surface area contributed by atoms with Crippen LogP contribution in [-0.4, -0.2) is 42.2 Å². The van der Waals surface area contributed by atoms with Gasteiger partial charge in [0.15, 0.2) is 0 Å². The summed E-state index contributed by atoms with van der Waals surface area (Å²) >= 11 is 2.25. The number of alkyl halides is 3. The molecule has 9 heteroatoms. The van der Waals surface area contributed by atoms with Crippen molar-refractivity contribution >= 4 is 28.4 Å². The number of pyridine rings is 1. The minimum absolute atomic E-state index is 0.190. The van der Waals surface area contributed by atoms with E-state index < -0.39 is 11.7 Å². The highest BCUT2D eigenvalue weighted by atomic mass is 127. The topological polar surface area (TPSA) is 46.6 Å². The molecule has 0 radical (unpaired) electrons. The van der Waals surface area contributed by atoms with Crippen LogP contribution in [-0.2, 0) is 12.7 Å². The van der Waals surface area contributed by atoms with Crippen LogP contribution in [0.3, 0.4) is 0 Å². The Kier molecular flexibility index (Phi) is 8.26.